The molecule has 1 aromatic heterocycles. The molecule has 6 nitrogen and oxygen atoms in total. The number of hydrogen-bond acceptors (Lipinski definition) is 3. The van der Waals surface area contributed by atoms with E-state index in [-0.39, 0.29) is 36.4 Å². The Labute approximate surface area is 195 Å². The Morgan fingerprint density at radius 1 is 0.939 bits per heavy atom. The molecule has 3 aromatic rings. The van der Waals surface area contributed by atoms with E-state index in [2.05, 4.69) is 4.57 Å². The van der Waals surface area contributed by atoms with Crippen LogP contribution in [0.1, 0.15) is 45.0 Å². The molecule has 0 N–H and O–H groups in total. The number of carbonyl (C=O) groups excluding carboxylic acids is 2. The van der Waals surface area contributed by atoms with Gasteiger partial charge in [0.25, 0.3) is 0 Å². The van der Waals surface area contributed by atoms with Gasteiger partial charge in [-0.2, -0.15) is 0 Å². The lowest BCUT2D eigenvalue weighted by Gasteiger charge is -2.40. The monoisotopic (exact) mass is 445 g/mol. The maximum absolute atomic E-state index is 13.9. The fourth-order valence-electron chi connectivity index (χ4n) is 4.43. The largest absolute Gasteiger partial charge is 0.497 e. The molecule has 0 bridgehead atoms. The van der Waals surface area contributed by atoms with Gasteiger partial charge in [0.15, 0.2) is 0 Å². The van der Waals surface area contributed by atoms with Gasteiger partial charge in [0, 0.05) is 18.2 Å². The summed E-state index contributed by atoms with van der Waals surface area (Å²) in [7, 11) is 1.64. The number of carbonyl (C=O) groups is 2. The second kappa shape index (κ2) is 9.14. The van der Waals surface area contributed by atoms with Gasteiger partial charge in [-0.15, -0.1) is 0 Å². The molecule has 33 heavy (non-hydrogen) atoms. The zero-order chi connectivity index (χ0) is 23.7. The number of amides is 2. The maximum Gasteiger partial charge on any atom is 0.247 e. The smallest absolute Gasteiger partial charge is 0.247 e. The molecular formula is C27H31N3O3. The minimum Gasteiger partial charge on any atom is -0.497 e. The van der Waals surface area contributed by atoms with Crippen molar-refractivity contribution >= 4 is 17.5 Å². The highest BCUT2D eigenvalue weighted by Crippen LogP contribution is 2.42. The van der Waals surface area contributed by atoms with Gasteiger partial charge in [0.2, 0.25) is 11.8 Å². The molecule has 2 aromatic carbocycles. The van der Waals surface area contributed by atoms with Crippen molar-refractivity contribution in [2.45, 2.75) is 39.8 Å². The van der Waals surface area contributed by atoms with Crippen molar-refractivity contribution in [2.75, 3.05) is 18.6 Å². The fraction of sp³-hybridized carbons (Fsp3) is 0.333. The lowest BCUT2D eigenvalue weighted by molar-refractivity contribution is -0.139. The average molecular weight is 446 g/mol. The molecule has 2 amide bonds. The number of nitrogens with zero attached hydrogens (tertiary/aromatic N) is 3. The van der Waals surface area contributed by atoms with E-state index in [4.69, 9.17) is 4.74 Å². The molecular weight excluding hydrogens is 414 g/mol. The topological polar surface area (TPSA) is 54.8 Å². The molecule has 0 radical (unpaired) electrons. The Morgan fingerprint density at radius 3 is 2.21 bits per heavy atom. The van der Waals surface area contributed by atoms with Crippen LogP contribution in [0.15, 0.2) is 66.9 Å². The van der Waals surface area contributed by atoms with Gasteiger partial charge in [0.05, 0.1) is 24.2 Å². The van der Waals surface area contributed by atoms with Crippen molar-refractivity contribution < 1.29 is 14.3 Å². The SMILES string of the molecule is COc1ccc(C2c3cccn3-c3ccccc3N2C(=O)CN(C(=O)C(C)C)C(C)C)cc1. The van der Waals surface area contributed by atoms with E-state index in [0.29, 0.717) is 0 Å². The molecule has 1 aliphatic heterocycles. The number of aromatic nitrogens is 1. The molecule has 2 heterocycles. The van der Waals surface area contributed by atoms with Gasteiger partial charge in [-0.3, -0.25) is 14.5 Å². The summed E-state index contributed by atoms with van der Waals surface area (Å²) in [6.45, 7) is 7.65. The van der Waals surface area contributed by atoms with Crippen molar-refractivity contribution in [3.63, 3.8) is 0 Å². The summed E-state index contributed by atoms with van der Waals surface area (Å²) in [5.41, 5.74) is 3.75. The van der Waals surface area contributed by atoms with Crippen molar-refractivity contribution in [3.05, 3.63) is 78.1 Å². The Bertz CT molecular complexity index is 1150. The Balaban J connectivity index is 1.82. The lowest BCUT2D eigenvalue weighted by atomic mass is 9.97. The molecule has 4 rings (SSSR count). The molecule has 6 heteroatoms. The van der Waals surface area contributed by atoms with Crippen molar-refractivity contribution in [1.29, 1.82) is 0 Å². The van der Waals surface area contributed by atoms with Crippen LogP contribution < -0.4 is 9.64 Å². The number of para-hydroxylation sites is 2. The molecule has 0 spiro atoms. The second-order valence-corrected chi connectivity index (χ2v) is 8.95. The first kappa shape index (κ1) is 22.6. The molecule has 1 unspecified atom stereocenters. The summed E-state index contributed by atoms with van der Waals surface area (Å²) >= 11 is 0. The normalized spacial score (nSPS) is 14.8. The van der Waals surface area contributed by atoms with E-state index in [9.17, 15) is 9.59 Å². The van der Waals surface area contributed by atoms with Crippen molar-refractivity contribution in [3.8, 4) is 11.4 Å². The lowest BCUT2D eigenvalue weighted by Crippen LogP contribution is -2.49. The number of fused-ring (bicyclic) bond motifs is 3. The van der Waals surface area contributed by atoms with Crippen LogP contribution >= 0.6 is 0 Å². The van der Waals surface area contributed by atoms with Gasteiger partial charge in [0.1, 0.15) is 18.3 Å². The number of methoxy groups -OCH3 is 1. The van der Waals surface area contributed by atoms with E-state index in [0.717, 1.165) is 28.4 Å². The van der Waals surface area contributed by atoms with E-state index >= 15 is 0 Å². The van der Waals surface area contributed by atoms with Gasteiger partial charge in [-0.05, 0) is 55.8 Å². The van der Waals surface area contributed by atoms with E-state index < -0.39 is 0 Å². The third kappa shape index (κ3) is 4.13. The van der Waals surface area contributed by atoms with Gasteiger partial charge in [-0.1, -0.05) is 38.1 Å². The Kier molecular flexibility index (Phi) is 6.27. The first-order valence-corrected chi connectivity index (χ1v) is 11.4. The highest BCUT2D eigenvalue weighted by molar-refractivity contribution is 6.00. The molecule has 0 fully saturated rings. The third-order valence-electron chi connectivity index (χ3n) is 6.13. The number of anilines is 1. The Morgan fingerprint density at radius 2 is 1.61 bits per heavy atom. The summed E-state index contributed by atoms with van der Waals surface area (Å²) in [5.74, 6) is 0.451. The van der Waals surface area contributed by atoms with E-state index in [1.807, 2.05) is 99.5 Å². The minimum atomic E-state index is -0.323. The molecule has 1 atom stereocenters. The Hall–Kier alpha value is -3.54. The quantitative estimate of drug-likeness (QED) is 0.547. The van der Waals surface area contributed by atoms with Crippen LogP contribution in [0.4, 0.5) is 5.69 Å². The number of benzene rings is 2. The van der Waals surface area contributed by atoms with Gasteiger partial charge < -0.3 is 14.2 Å². The summed E-state index contributed by atoms with van der Waals surface area (Å²) in [6, 6.07) is 19.4. The standard InChI is InChI=1S/C27H31N3O3/c1-18(2)27(32)29(19(3)4)17-25(31)30-23-10-7-6-9-22(23)28-16-8-11-24(28)26(30)20-12-14-21(33-5)15-13-20/h6-16,18-19,26H,17H2,1-5H3. The van der Waals surface area contributed by atoms with Gasteiger partial charge >= 0.3 is 0 Å². The predicted molar refractivity (Wildman–Crippen MR) is 130 cm³/mol. The molecule has 0 saturated heterocycles. The van der Waals surface area contributed by atoms with E-state index in [1.165, 1.54) is 0 Å². The fourth-order valence-corrected chi connectivity index (χ4v) is 4.43. The summed E-state index contributed by atoms with van der Waals surface area (Å²) < 4.78 is 7.47. The number of hydrogen-bond donors (Lipinski definition) is 0. The number of rotatable bonds is 6. The number of ether oxygens (including phenoxy) is 1. The summed E-state index contributed by atoms with van der Waals surface area (Å²) in [4.78, 5) is 30.3. The van der Waals surface area contributed by atoms with Crippen LogP contribution in [-0.4, -0.2) is 41.0 Å². The second-order valence-electron chi connectivity index (χ2n) is 8.95. The zero-order valence-electron chi connectivity index (χ0n) is 19.9. The average Bonchev–Trinajstić information content (AvgIpc) is 3.31. The van der Waals surface area contributed by atoms with Crippen LogP contribution in [0.2, 0.25) is 0 Å². The summed E-state index contributed by atoms with van der Waals surface area (Å²) in [5, 5.41) is 0. The minimum absolute atomic E-state index is 0.0204. The van der Waals surface area contributed by atoms with Crippen molar-refractivity contribution in [1.82, 2.24) is 9.47 Å². The van der Waals surface area contributed by atoms with E-state index in [1.54, 1.807) is 12.0 Å². The molecule has 1 aliphatic rings. The zero-order valence-corrected chi connectivity index (χ0v) is 19.9. The van der Waals surface area contributed by atoms with Crippen LogP contribution in [-0.2, 0) is 9.59 Å². The highest BCUT2D eigenvalue weighted by atomic mass is 16.5. The maximum atomic E-state index is 13.9. The van der Waals surface area contributed by atoms with Crippen LogP contribution in [0, 0.1) is 5.92 Å². The molecule has 0 saturated carbocycles. The molecule has 0 aliphatic carbocycles. The molecule has 172 valence electrons. The van der Waals surface area contributed by atoms with Gasteiger partial charge in [-0.25, -0.2) is 0 Å². The predicted octanol–water partition coefficient (Wildman–Crippen LogP) is 4.81. The van der Waals surface area contributed by atoms with Crippen LogP contribution in [0.3, 0.4) is 0 Å². The first-order valence-electron chi connectivity index (χ1n) is 11.4. The highest BCUT2D eigenvalue weighted by Gasteiger charge is 2.37. The summed E-state index contributed by atoms with van der Waals surface area (Å²) in [6.07, 6.45) is 2.02. The van der Waals surface area contributed by atoms with Crippen molar-refractivity contribution in [2.24, 2.45) is 5.92 Å². The first-order chi connectivity index (χ1) is 15.8. The van der Waals surface area contributed by atoms with Crippen LogP contribution in [0.5, 0.6) is 5.75 Å². The third-order valence-corrected chi connectivity index (χ3v) is 6.13. The van der Waals surface area contributed by atoms with Crippen LogP contribution in [0.25, 0.3) is 5.69 Å².